The predicted octanol–water partition coefficient (Wildman–Crippen LogP) is -0.208. The van der Waals surface area contributed by atoms with E-state index in [4.69, 9.17) is 0 Å². The monoisotopic (exact) mass is 175 g/mol. The molecule has 5 nitrogen and oxygen atoms in total. The van der Waals surface area contributed by atoms with Crippen LogP contribution >= 0.6 is 0 Å². The van der Waals surface area contributed by atoms with Gasteiger partial charge in [0, 0.05) is 19.3 Å². The van der Waals surface area contributed by atoms with Crippen molar-refractivity contribution in [1.82, 2.24) is 9.78 Å². The largest absolute Gasteiger partial charge is 0.274 e. The van der Waals surface area contributed by atoms with E-state index in [-0.39, 0.29) is 0 Å². The molecular formula is C5H9N3O2S. The minimum absolute atomic E-state index is 0.343. The molecule has 0 saturated carbocycles. The summed E-state index contributed by atoms with van der Waals surface area (Å²) in [5.41, 5.74) is 0. The van der Waals surface area contributed by atoms with Crippen molar-refractivity contribution >= 4 is 15.8 Å². The molecule has 1 rings (SSSR count). The summed E-state index contributed by atoms with van der Waals surface area (Å²) in [5, 5.41) is 3.82. The Kier molecular flexibility index (Phi) is 1.86. The summed E-state index contributed by atoms with van der Waals surface area (Å²) in [6.45, 7) is 0. The summed E-state index contributed by atoms with van der Waals surface area (Å²) in [6.07, 6.45) is 2.75. The number of sulfonamides is 1. The highest BCUT2D eigenvalue weighted by Crippen LogP contribution is 2.01. The van der Waals surface area contributed by atoms with Crippen molar-refractivity contribution in [3.63, 3.8) is 0 Å². The van der Waals surface area contributed by atoms with E-state index in [0.717, 1.165) is 6.26 Å². The molecule has 0 aliphatic heterocycles. The molecule has 0 aromatic carbocycles. The lowest BCUT2D eigenvalue weighted by atomic mass is 10.7. The van der Waals surface area contributed by atoms with Crippen molar-refractivity contribution in [2.45, 2.75) is 0 Å². The molecule has 0 amide bonds. The van der Waals surface area contributed by atoms with Crippen LogP contribution in [0.25, 0.3) is 0 Å². The molecule has 0 aliphatic rings. The first kappa shape index (κ1) is 8.06. The van der Waals surface area contributed by atoms with E-state index in [1.165, 1.54) is 4.68 Å². The van der Waals surface area contributed by atoms with Crippen molar-refractivity contribution < 1.29 is 8.42 Å². The number of anilines is 1. The van der Waals surface area contributed by atoms with E-state index in [0.29, 0.717) is 5.82 Å². The average Bonchev–Trinajstić information content (AvgIpc) is 2.10. The van der Waals surface area contributed by atoms with Gasteiger partial charge < -0.3 is 0 Å². The second-order valence-electron chi connectivity index (χ2n) is 2.25. The predicted molar refractivity (Wildman–Crippen MR) is 41.7 cm³/mol. The lowest BCUT2D eigenvalue weighted by molar-refractivity contribution is 0.606. The van der Waals surface area contributed by atoms with Crippen molar-refractivity contribution in [3.8, 4) is 0 Å². The van der Waals surface area contributed by atoms with Crippen LogP contribution in [0.5, 0.6) is 0 Å². The molecule has 62 valence electrons. The van der Waals surface area contributed by atoms with Crippen molar-refractivity contribution in [2.75, 3.05) is 11.0 Å². The van der Waals surface area contributed by atoms with Crippen LogP contribution in [0.1, 0.15) is 0 Å². The Morgan fingerprint density at radius 3 is 2.64 bits per heavy atom. The Labute approximate surface area is 65.1 Å². The molecule has 11 heavy (non-hydrogen) atoms. The summed E-state index contributed by atoms with van der Waals surface area (Å²) in [7, 11) is -1.47. The van der Waals surface area contributed by atoms with E-state index in [1.54, 1.807) is 19.3 Å². The lowest BCUT2D eigenvalue weighted by Gasteiger charge is -1.96. The second kappa shape index (κ2) is 2.54. The van der Waals surface area contributed by atoms with E-state index in [9.17, 15) is 8.42 Å². The number of hydrogen-bond acceptors (Lipinski definition) is 3. The number of rotatable bonds is 2. The van der Waals surface area contributed by atoms with Gasteiger partial charge in [0.25, 0.3) is 0 Å². The third kappa shape index (κ3) is 2.58. The van der Waals surface area contributed by atoms with Crippen molar-refractivity contribution in [3.05, 3.63) is 12.3 Å². The first-order valence-electron chi connectivity index (χ1n) is 2.95. The zero-order valence-corrected chi connectivity index (χ0v) is 7.09. The molecule has 0 radical (unpaired) electrons. The van der Waals surface area contributed by atoms with Crippen LogP contribution in [0.15, 0.2) is 12.3 Å². The number of nitrogens with one attached hydrogen (secondary N) is 1. The maximum atomic E-state index is 10.6. The van der Waals surface area contributed by atoms with Gasteiger partial charge >= 0.3 is 0 Å². The third-order valence-corrected chi connectivity index (χ3v) is 1.58. The summed E-state index contributed by atoms with van der Waals surface area (Å²) >= 11 is 0. The van der Waals surface area contributed by atoms with Crippen molar-refractivity contribution in [1.29, 1.82) is 0 Å². The Balaban J connectivity index is 2.81. The van der Waals surface area contributed by atoms with Gasteiger partial charge in [-0.1, -0.05) is 0 Å². The number of hydrogen-bond donors (Lipinski definition) is 1. The first-order valence-corrected chi connectivity index (χ1v) is 4.84. The van der Waals surface area contributed by atoms with Crippen LogP contribution < -0.4 is 4.72 Å². The molecule has 0 atom stereocenters. The fourth-order valence-electron chi connectivity index (χ4n) is 0.659. The van der Waals surface area contributed by atoms with Crippen LogP contribution in [0.4, 0.5) is 5.82 Å². The standard InChI is InChI=1S/C5H9N3O2S/c1-8-4-3-5(6-8)7-11(2,9)10/h3-4H,1-2H3,(H,6,7). The highest BCUT2D eigenvalue weighted by atomic mass is 32.2. The van der Waals surface area contributed by atoms with Crippen LogP contribution in [0.3, 0.4) is 0 Å². The molecule has 0 unspecified atom stereocenters. The quantitative estimate of drug-likeness (QED) is 0.676. The van der Waals surface area contributed by atoms with E-state index < -0.39 is 10.0 Å². The third-order valence-electron chi connectivity index (χ3n) is 1.00. The van der Waals surface area contributed by atoms with Gasteiger partial charge in [0.2, 0.25) is 10.0 Å². The lowest BCUT2D eigenvalue weighted by Crippen LogP contribution is -2.10. The SMILES string of the molecule is Cn1ccc(NS(C)(=O)=O)n1. The molecule has 1 aromatic heterocycles. The van der Waals surface area contributed by atoms with Crippen LogP contribution in [0.2, 0.25) is 0 Å². The van der Waals surface area contributed by atoms with Gasteiger partial charge in [-0.3, -0.25) is 9.40 Å². The Hall–Kier alpha value is -1.04. The molecule has 6 heteroatoms. The van der Waals surface area contributed by atoms with Gasteiger partial charge in [0.05, 0.1) is 6.26 Å². The molecule has 0 saturated heterocycles. The topological polar surface area (TPSA) is 64.0 Å². The minimum atomic E-state index is -3.19. The fourth-order valence-corrected chi connectivity index (χ4v) is 1.15. The molecule has 0 bridgehead atoms. The van der Waals surface area contributed by atoms with Gasteiger partial charge in [-0.05, 0) is 0 Å². The van der Waals surface area contributed by atoms with Gasteiger partial charge in [0.1, 0.15) is 0 Å². The Morgan fingerprint density at radius 2 is 2.27 bits per heavy atom. The maximum absolute atomic E-state index is 10.6. The van der Waals surface area contributed by atoms with Gasteiger partial charge in [-0.2, -0.15) is 5.10 Å². The van der Waals surface area contributed by atoms with E-state index in [2.05, 4.69) is 9.82 Å². The van der Waals surface area contributed by atoms with E-state index >= 15 is 0 Å². The minimum Gasteiger partial charge on any atom is -0.274 e. The van der Waals surface area contributed by atoms with E-state index in [1.807, 2.05) is 0 Å². The Morgan fingerprint density at radius 1 is 1.64 bits per heavy atom. The molecule has 0 spiro atoms. The molecule has 1 heterocycles. The Bertz CT molecular complexity index is 340. The first-order chi connectivity index (χ1) is 4.97. The number of nitrogens with zero attached hydrogens (tertiary/aromatic N) is 2. The normalized spacial score (nSPS) is 11.5. The highest BCUT2D eigenvalue weighted by Gasteiger charge is 2.02. The summed E-state index contributed by atoms with van der Waals surface area (Å²) in [5.74, 6) is 0.343. The van der Waals surface area contributed by atoms with Crippen LogP contribution in [-0.2, 0) is 17.1 Å². The number of aromatic nitrogens is 2. The van der Waals surface area contributed by atoms with Gasteiger partial charge in [0.15, 0.2) is 5.82 Å². The van der Waals surface area contributed by atoms with Gasteiger partial charge in [-0.15, -0.1) is 0 Å². The highest BCUT2D eigenvalue weighted by molar-refractivity contribution is 7.92. The van der Waals surface area contributed by atoms with Crippen LogP contribution in [-0.4, -0.2) is 24.5 Å². The maximum Gasteiger partial charge on any atom is 0.231 e. The molecule has 0 aliphatic carbocycles. The van der Waals surface area contributed by atoms with Gasteiger partial charge in [-0.25, -0.2) is 8.42 Å². The summed E-state index contributed by atoms with van der Waals surface area (Å²) < 4.78 is 25.1. The zero-order valence-electron chi connectivity index (χ0n) is 6.27. The molecule has 1 N–H and O–H groups in total. The zero-order chi connectivity index (χ0) is 8.48. The fraction of sp³-hybridized carbons (Fsp3) is 0.400. The molecular weight excluding hydrogens is 166 g/mol. The smallest absolute Gasteiger partial charge is 0.231 e. The van der Waals surface area contributed by atoms with Crippen molar-refractivity contribution in [2.24, 2.45) is 7.05 Å². The molecule has 1 aromatic rings. The average molecular weight is 175 g/mol. The van der Waals surface area contributed by atoms with Crippen LogP contribution in [0, 0.1) is 0 Å². The molecule has 0 fully saturated rings. The summed E-state index contributed by atoms with van der Waals surface area (Å²) in [4.78, 5) is 0. The second-order valence-corrected chi connectivity index (χ2v) is 4.00. The summed E-state index contributed by atoms with van der Waals surface area (Å²) in [6, 6.07) is 1.58. The number of aryl methyl sites for hydroxylation is 1.